The first kappa shape index (κ1) is 14.1. The first-order valence-corrected chi connectivity index (χ1v) is 7.40. The van der Waals surface area contributed by atoms with Crippen molar-refractivity contribution in [2.24, 2.45) is 0 Å². The first-order chi connectivity index (χ1) is 9.40. The van der Waals surface area contributed by atoms with Crippen LogP contribution < -0.4 is 4.74 Å². The van der Waals surface area contributed by atoms with Crippen LogP contribution in [0.25, 0.3) is 6.08 Å². The van der Waals surface area contributed by atoms with Crippen molar-refractivity contribution >= 4 is 6.08 Å². The van der Waals surface area contributed by atoms with Gasteiger partial charge in [-0.05, 0) is 18.9 Å². The Morgan fingerprint density at radius 3 is 2.89 bits per heavy atom. The average molecular weight is 260 g/mol. The van der Waals surface area contributed by atoms with Crippen molar-refractivity contribution in [3.8, 4) is 5.75 Å². The van der Waals surface area contributed by atoms with Gasteiger partial charge in [0.25, 0.3) is 0 Å². The number of ether oxygens (including phenoxy) is 2. The molecule has 1 aliphatic heterocycles. The van der Waals surface area contributed by atoms with Crippen molar-refractivity contribution in [2.75, 3.05) is 13.2 Å². The van der Waals surface area contributed by atoms with Crippen LogP contribution >= 0.6 is 0 Å². The second-order valence-corrected chi connectivity index (χ2v) is 5.06. The van der Waals surface area contributed by atoms with Crippen LogP contribution in [0.1, 0.15) is 44.6 Å². The van der Waals surface area contributed by atoms with Gasteiger partial charge >= 0.3 is 0 Å². The maximum Gasteiger partial charge on any atom is 0.126 e. The van der Waals surface area contributed by atoms with Gasteiger partial charge in [-0.2, -0.15) is 0 Å². The fourth-order valence-corrected chi connectivity index (χ4v) is 2.00. The Bertz CT molecular complexity index is 394. The molecule has 1 aliphatic rings. The van der Waals surface area contributed by atoms with E-state index in [1.165, 1.54) is 31.2 Å². The number of unbranched alkanes of at least 4 members (excludes halogenated alkanes) is 4. The predicted octanol–water partition coefficient (Wildman–Crippen LogP) is 4.45. The van der Waals surface area contributed by atoms with E-state index in [4.69, 9.17) is 9.47 Å². The van der Waals surface area contributed by atoms with Gasteiger partial charge in [0, 0.05) is 5.56 Å². The summed E-state index contributed by atoms with van der Waals surface area (Å²) >= 11 is 0. The molecule has 0 radical (unpaired) electrons. The maximum absolute atomic E-state index is 5.78. The summed E-state index contributed by atoms with van der Waals surface area (Å²) in [5, 5.41) is 0. The highest BCUT2D eigenvalue weighted by Gasteiger charge is 2.23. The quantitative estimate of drug-likeness (QED) is 0.483. The highest BCUT2D eigenvalue weighted by Crippen LogP contribution is 2.21. The molecule has 1 aromatic rings. The highest BCUT2D eigenvalue weighted by molar-refractivity contribution is 5.57. The Balaban J connectivity index is 1.78. The second-order valence-electron chi connectivity index (χ2n) is 5.06. The number of para-hydroxylation sites is 1. The molecule has 1 unspecified atom stereocenters. The molecule has 2 rings (SSSR count). The van der Waals surface area contributed by atoms with Crippen LogP contribution in [0, 0.1) is 0 Å². The maximum atomic E-state index is 5.78. The number of benzene rings is 1. The topological polar surface area (TPSA) is 21.8 Å². The van der Waals surface area contributed by atoms with E-state index in [1.54, 1.807) is 0 Å². The van der Waals surface area contributed by atoms with Gasteiger partial charge in [0.15, 0.2) is 0 Å². The molecule has 0 aromatic heterocycles. The predicted molar refractivity (Wildman–Crippen MR) is 79.5 cm³/mol. The largest absolute Gasteiger partial charge is 0.490 e. The Kier molecular flexibility index (Phi) is 5.96. The summed E-state index contributed by atoms with van der Waals surface area (Å²) in [5.74, 6) is 0.961. The molecule has 2 heteroatoms. The van der Waals surface area contributed by atoms with E-state index in [-0.39, 0.29) is 0 Å². The van der Waals surface area contributed by atoms with Crippen molar-refractivity contribution in [2.45, 2.75) is 45.1 Å². The minimum absolute atomic E-state index is 0.311. The number of allylic oxidation sites excluding steroid dienone is 1. The Labute approximate surface area is 116 Å². The van der Waals surface area contributed by atoms with Gasteiger partial charge < -0.3 is 9.47 Å². The van der Waals surface area contributed by atoms with Crippen LogP contribution in [-0.4, -0.2) is 19.3 Å². The van der Waals surface area contributed by atoms with Gasteiger partial charge in [-0.15, -0.1) is 0 Å². The lowest BCUT2D eigenvalue weighted by Gasteiger charge is -2.07. The normalized spacial score (nSPS) is 17.8. The van der Waals surface area contributed by atoms with E-state index in [0.29, 0.717) is 12.7 Å². The zero-order valence-electron chi connectivity index (χ0n) is 11.8. The molecule has 0 N–H and O–H groups in total. The van der Waals surface area contributed by atoms with Crippen LogP contribution in [0.3, 0.4) is 0 Å². The molecular formula is C17H24O2. The van der Waals surface area contributed by atoms with Gasteiger partial charge in [0.2, 0.25) is 0 Å². The third-order valence-corrected chi connectivity index (χ3v) is 3.27. The fourth-order valence-electron chi connectivity index (χ4n) is 2.00. The zero-order valence-corrected chi connectivity index (χ0v) is 11.8. The van der Waals surface area contributed by atoms with Gasteiger partial charge in [0.05, 0.1) is 6.61 Å². The number of hydrogen-bond acceptors (Lipinski definition) is 2. The third kappa shape index (κ3) is 5.48. The molecule has 2 nitrogen and oxygen atoms in total. The lowest BCUT2D eigenvalue weighted by atomic mass is 10.1. The highest BCUT2D eigenvalue weighted by atomic mass is 16.6. The Morgan fingerprint density at radius 1 is 1.26 bits per heavy atom. The molecule has 1 heterocycles. The van der Waals surface area contributed by atoms with E-state index < -0.39 is 0 Å². The molecule has 1 saturated heterocycles. The summed E-state index contributed by atoms with van der Waals surface area (Å²) in [5.41, 5.74) is 1.17. The standard InChI is InChI=1S/C17H24O2/c1-2-3-4-5-6-7-10-15-11-8-9-12-17(15)19-14-16-13-18-16/h7-12,16H,2-6,13-14H2,1H3/b10-7+. The monoisotopic (exact) mass is 260 g/mol. The minimum atomic E-state index is 0.311. The number of rotatable bonds is 9. The van der Waals surface area contributed by atoms with Crippen molar-refractivity contribution in [3.05, 3.63) is 35.9 Å². The Hall–Kier alpha value is -1.28. The van der Waals surface area contributed by atoms with E-state index in [2.05, 4.69) is 31.2 Å². The molecule has 1 atom stereocenters. The summed E-state index contributed by atoms with van der Waals surface area (Å²) in [6.45, 7) is 3.75. The third-order valence-electron chi connectivity index (χ3n) is 3.27. The van der Waals surface area contributed by atoms with E-state index in [0.717, 1.165) is 18.8 Å². The van der Waals surface area contributed by atoms with Crippen molar-refractivity contribution < 1.29 is 9.47 Å². The summed E-state index contributed by atoms with van der Waals surface area (Å²) in [6, 6.07) is 8.20. The molecule has 1 aromatic carbocycles. The minimum Gasteiger partial charge on any atom is -0.490 e. The van der Waals surface area contributed by atoms with Crippen molar-refractivity contribution in [1.82, 2.24) is 0 Å². The van der Waals surface area contributed by atoms with Crippen molar-refractivity contribution in [3.63, 3.8) is 0 Å². The van der Waals surface area contributed by atoms with Crippen molar-refractivity contribution in [1.29, 1.82) is 0 Å². The lowest BCUT2D eigenvalue weighted by Crippen LogP contribution is -2.04. The molecular weight excluding hydrogens is 236 g/mol. The Morgan fingerprint density at radius 2 is 2.11 bits per heavy atom. The van der Waals surface area contributed by atoms with E-state index in [9.17, 15) is 0 Å². The zero-order chi connectivity index (χ0) is 13.3. The molecule has 0 bridgehead atoms. The van der Waals surface area contributed by atoms with Gasteiger partial charge in [-0.25, -0.2) is 0 Å². The summed E-state index contributed by atoms with van der Waals surface area (Å²) < 4.78 is 10.9. The lowest BCUT2D eigenvalue weighted by molar-refractivity contribution is 0.262. The van der Waals surface area contributed by atoms with Crippen LogP contribution in [-0.2, 0) is 4.74 Å². The van der Waals surface area contributed by atoms with Crippen LogP contribution in [0.5, 0.6) is 5.75 Å². The van der Waals surface area contributed by atoms with Crippen LogP contribution in [0.2, 0.25) is 0 Å². The summed E-state index contributed by atoms with van der Waals surface area (Å²) in [4.78, 5) is 0. The molecule has 19 heavy (non-hydrogen) atoms. The summed E-state index contributed by atoms with van der Waals surface area (Å²) in [6.07, 6.45) is 11.1. The molecule has 0 aliphatic carbocycles. The number of hydrogen-bond donors (Lipinski definition) is 0. The fraction of sp³-hybridized carbons (Fsp3) is 0.529. The van der Waals surface area contributed by atoms with Gasteiger partial charge in [-0.3, -0.25) is 0 Å². The van der Waals surface area contributed by atoms with E-state index in [1.807, 2.05) is 12.1 Å². The second kappa shape index (κ2) is 8.00. The van der Waals surface area contributed by atoms with Crippen LogP contribution in [0.4, 0.5) is 0 Å². The SMILES string of the molecule is CCCCCC/C=C/c1ccccc1OCC1CO1. The number of epoxide rings is 1. The molecule has 1 fully saturated rings. The van der Waals surface area contributed by atoms with Crippen LogP contribution in [0.15, 0.2) is 30.3 Å². The average Bonchev–Trinajstić information content (AvgIpc) is 3.25. The smallest absolute Gasteiger partial charge is 0.126 e. The van der Waals surface area contributed by atoms with Gasteiger partial charge in [0.1, 0.15) is 18.5 Å². The molecule has 0 spiro atoms. The summed E-state index contributed by atoms with van der Waals surface area (Å²) in [7, 11) is 0. The molecule has 104 valence electrons. The first-order valence-electron chi connectivity index (χ1n) is 7.40. The molecule has 0 saturated carbocycles. The molecule has 0 amide bonds. The van der Waals surface area contributed by atoms with E-state index >= 15 is 0 Å². The van der Waals surface area contributed by atoms with Gasteiger partial charge in [-0.1, -0.05) is 56.5 Å².